The minimum Gasteiger partial charge on any atom is -0.388 e. The highest BCUT2D eigenvalue weighted by atomic mass is 35.5. The van der Waals surface area contributed by atoms with Gasteiger partial charge in [0.1, 0.15) is 5.69 Å². The minimum atomic E-state index is -0.921. The Labute approximate surface area is 198 Å². The topological polar surface area (TPSA) is 109 Å². The number of anilines is 1. The quantitative estimate of drug-likeness (QED) is 0.498. The Hall–Kier alpha value is -3.01. The average molecular weight is 492 g/mol. The molecule has 0 radical (unpaired) electrons. The normalized spacial score (nSPS) is 14.9. The maximum Gasteiger partial charge on any atom is 0.274 e. The van der Waals surface area contributed by atoms with E-state index >= 15 is 0 Å². The van der Waals surface area contributed by atoms with Gasteiger partial charge in [0.15, 0.2) is 5.82 Å². The van der Waals surface area contributed by atoms with Crippen molar-refractivity contribution >= 4 is 40.7 Å². The van der Waals surface area contributed by atoms with Crippen molar-refractivity contribution in [1.29, 1.82) is 0 Å². The molecule has 11 heteroatoms. The molecule has 1 aliphatic carbocycles. The molecule has 1 aliphatic rings. The summed E-state index contributed by atoms with van der Waals surface area (Å²) in [6.45, 7) is 3.57. The van der Waals surface area contributed by atoms with E-state index in [0.717, 1.165) is 16.3 Å². The fraction of sp³-hybridized carbons (Fsp3) is 0.273. The van der Waals surface area contributed by atoms with E-state index in [9.17, 15) is 19.1 Å². The average Bonchev–Trinajstić information content (AvgIpc) is 3.31. The van der Waals surface area contributed by atoms with E-state index in [0.29, 0.717) is 18.4 Å². The second kappa shape index (κ2) is 9.09. The lowest BCUT2D eigenvalue weighted by molar-refractivity contribution is 0.0937. The molecule has 0 aliphatic heterocycles. The van der Waals surface area contributed by atoms with Gasteiger partial charge in [0.05, 0.1) is 27.4 Å². The van der Waals surface area contributed by atoms with Gasteiger partial charge in [-0.15, -0.1) is 5.10 Å². The van der Waals surface area contributed by atoms with E-state index in [1.807, 2.05) is 0 Å². The number of fused-ring (bicyclic) bond motifs is 1. The first-order valence-corrected chi connectivity index (χ1v) is 10.9. The van der Waals surface area contributed by atoms with Gasteiger partial charge in [0.2, 0.25) is 5.95 Å². The first-order valence-electron chi connectivity index (χ1n) is 10.2. The zero-order valence-electron chi connectivity index (χ0n) is 17.7. The van der Waals surface area contributed by atoms with Crippen LogP contribution in [0.2, 0.25) is 10.0 Å². The molecule has 0 saturated heterocycles. The van der Waals surface area contributed by atoms with Gasteiger partial charge in [-0.3, -0.25) is 9.59 Å². The zero-order chi connectivity index (χ0) is 23.9. The molecule has 0 fully saturated rings. The summed E-state index contributed by atoms with van der Waals surface area (Å²) in [4.78, 5) is 30.3. The number of nitrogens with one attached hydrogen (secondary N) is 2. The van der Waals surface area contributed by atoms with Crippen molar-refractivity contribution in [1.82, 2.24) is 20.1 Å². The van der Waals surface area contributed by atoms with Crippen molar-refractivity contribution < 1.29 is 19.1 Å². The summed E-state index contributed by atoms with van der Waals surface area (Å²) in [5.74, 6) is -2.15. The van der Waals surface area contributed by atoms with Gasteiger partial charge in [-0.2, -0.15) is 4.39 Å². The number of rotatable bonds is 5. The number of hydrogen-bond acceptors (Lipinski definition) is 5. The van der Waals surface area contributed by atoms with Crippen LogP contribution >= 0.6 is 23.2 Å². The van der Waals surface area contributed by atoms with Crippen molar-refractivity contribution in [2.75, 3.05) is 5.32 Å². The summed E-state index contributed by atoms with van der Waals surface area (Å²) in [5, 5.41) is 19.9. The monoisotopic (exact) mass is 491 g/mol. The van der Waals surface area contributed by atoms with Crippen LogP contribution in [0.3, 0.4) is 0 Å². The number of aliphatic hydroxyl groups excluding tert-OH is 1. The Morgan fingerprint density at radius 2 is 2.00 bits per heavy atom. The Morgan fingerprint density at radius 1 is 1.24 bits per heavy atom. The number of benzene rings is 1. The summed E-state index contributed by atoms with van der Waals surface area (Å²) in [7, 11) is 0. The van der Waals surface area contributed by atoms with Gasteiger partial charge >= 0.3 is 0 Å². The van der Waals surface area contributed by atoms with Gasteiger partial charge in [-0.25, -0.2) is 9.67 Å². The summed E-state index contributed by atoms with van der Waals surface area (Å²) in [5.41, 5.74) is 1.03. The lowest BCUT2D eigenvalue weighted by atomic mass is 9.98. The predicted octanol–water partition coefficient (Wildman–Crippen LogP) is 4.08. The molecule has 3 N–H and O–H groups in total. The summed E-state index contributed by atoms with van der Waals surface area (Å²) in [6.07, 6.45) is 1.52. The number of pyridine rings is 1. The molecule has 0 bridgehead atoms. The summed E-state index contributed by atoms with van der Waals surface area (Å²) >= 11 is 12.6. The van der Waals surface area contributed by atoms with E-state index in [2.05, 4.69) is 20.7 Å². The van der Waals surface area contributed by atoms with E-state index in [1.54, 1.807) is 26.0 Å². The van der Waals surface area contributed by atoms with Crippen molar-refractivity contribution in [3.8, 4) is 5.82 Å². The Bertz CT molecular complexity index is 1260. The third kappa shape index (κ3) is 4.44. The number of halogens is 3. The largest absolute Gasteiger partial charge is 0.388 e. The zero-order valence-corrected chi connectivity index (χ0v) is 19.2. The minimum absolute atomic E-state index is 0.0137. The molecule has 2 heterocycles. The van der Waals surface area contributed by atoms with E-state index in [-0.39, 0.29) is 38.8 Å². The van der Waals surface area contributed by atoms with Gasteiger partial charge < -0.3 is 15.7 Å². The van der Waals surface area contributed by atoms with Crippen LogP contribution in [-0.4, -0.2) is 37.7 Å². The Kier molecular flexibility index (Phi) is 6.38. The molecule has 3 aromatic rings. The number of nitrogens with zero attached hydrogens (tertiary/aromatic N) is 3. The second-order valence-corrected chi connectivity index (χ2v) is 8.71. The number of amides is 2. The highest BCUT2D eigenvalue weighted by molar-refractivity contribution is 6.35. The smallest absolute Gasteiger partial charge is 0.274 e. The number of aromatic nitrogens is 3. The van der Waals surface area contributed by atoms with Crippen molar-refractivity contribution in [2.24, 2.45) is 0 Å². The molecule has 33 heavy (non-hydrogen) atoms. The number of aliphatic hydroxyl groups is 1. The molecule has 2 amide bonds. The van der Waals surface area contributed by atoms with Crippen molar-refractivity contribution in [3.05, 3.63) is 68.8 Å². The Morgan fingerprint density at radius 3 is 2.70 bits per heavy atom. The molecular formula is C22H20Cl2FN5O3. The predicted molar refractivity (Wildman–Crippen MR) is 122 cm³/mol. The summed E-state index contributed by atoms with van der Waals surface area (Å²) in [6, 6.07) is 5.45. The van der Waals surface area contributed by atoms with Crippen molar-refractivity contribution in [3.63, 3.8) is 0 Å². The number of carbonyl (C=O) groups excluding carboxylic acids is 2. The highest BCUT2D eigenvalue weighted by Crippen LogP contribution is 2.41. The molecule has 1 unspecified atom stereocenters. The first-order chi connectivity index (χ1) is 15.7. The molecule has 0 saturated carbocycles. The van der Waals surface area contributed by atoms with Crippen LogP contribution in [0, 0.1) is 5.95 Å². The number of aryl methyl sites for hydroxylation is 1. The van der Waals surface area contributed by atoms with E-state index < -0.39 is 23.9 Å². The van der Waals surface area contributed by atoms with Crippen molar-refractivity contribution in [2.45, 2.75) is 38.8 Å². The molecule has 2 aromatic heterocycles. The molecule has 4 rings (SSSR count). The van der Waals surface area contributed by atoms with Crippen LogP contribution in [-0.2, 0) is 6.42 Å². The SMILES string of the molecule is CC(C)NC(=O)c1c(NC(=O)c2cc(F)nn2-c2ncccc2Cl)c(Cl)cc2c1C(O)CC2. The van der Waals surface area contributed by atoms with Gasteiger partial charge in [0, 0.05) is 18.3 Å². The lowest BCUT2D eigenvalue weighted by Gasteiger charge is -2.20. The van der Waals surface area contributed by atoms with Crippen LogP contribution < -0.4 is 10.6 Å². The molecule has 0 spiro atoms. The van der Waals surface area contributed by atoms with Crippen LogP contribution in [0.1, 0.15) is 58.3 Å². The van der Waals surface area contributed by atoms with Crippen LogP contribution in [0.25, 0.3) is 5.82 Å². The number of carbonyl (C=O) groups is 2. The van der Waals surface area contributed by atoms with Gasteiger partial charge in [-0.05, 0) is 56.0 Å². The van der Waals surface area contributed by atoms with Crippen LogP contribution in [0.15, 0.2) is 30.5 Å². The second-order valence-electron chi connectivity index (χ2n) is 7.89. The third-order valence-corrected chi connectivity index (χ3v) is 5.76. The summed E-state index contributed by atoms with van der Waals surface area (Å²) < 4.78 is 15.0. The van der Waals surface area contributed by atoms with Gasteiger partial charge in [0.25, 0.3) is 11.8 Å². The number of hydrogen-bond donors (Lipinski definition) is 3. The lowest BCUT2D eigenvalue weighted by Crippen LogP contribution is -2.32. The molecular weight excluding hydrogens is 472 g/mol. The first kappa shape index (κ1) is 23.2. The Balaban J connectivity index is 1.80. The standard InChI is InChI=1S/C22H20Cl2FN5O3/c1-10(2)27-22(33)18-17-11(5-6-15(17)31)8-13(24)19(18)28-21(32)14-9-16(25)29-30(14)20-12(23)4-3-7-26-20/h3-4,7-10,15,31H,5-6H2,1-2H3,(H,27,33)(H,28,32). The maximum absolute atomic E-state index is 14.1. The fourth-order valence-corrected chi connectivity index (χ4v) is 4.30. The van der Waals surface area contributed by atoms with Crippen LogP contribution in [0.4, 0.5) is 10.1 Å². The maximum atomic E-state index is 14.1. The van der Waals surface area contributed by atoms with Gasteiger partial charge in [-0.1, -0.05) is 23.2 Å². The molecule has 172 valence electrons. The fourth-order valence-electron chi connectivity index (χ4n) is 3.82. The molecule has 1 atom stereocenters. The van der Waals surface area contributed by atoms with E-state index in [4.69, 9.17) is 23.2 Å². The van der Waals surface area contributed by atoms with Crippen LogP contribution in [0.5, 0.6) is 0 Å². The molecule has 1 aromatic carbocycles. The third-order valence-electron chi connectivity index (χ3n) is 5.16. The highest BCUT2D eigenvalue weighted by Gasteiger charge is 2.32. The van der Waals surface area contributed by atoms with E-state index in [1.165, 1.54) is 12.3 Å². The molecule has 8 nitrogen and oxygen atoms in total.